The normalized spacial score (nSPS) is 14.2. The predicted octanol–water partition coefficient (Wildman–Crippen LogP) is 3.89. The quantitative estimate of drug-likeness (QED) is 0.372. The summed E-state index contributed by atoms with van der Waals surface area (Å²) < 4.78 is 5.91. The fourth-order valence-corrected chi connectivity index (χ4v) is 4.96. The first-order valence-electron chi connectivity index (χ1n) is 12.2. The lowest BCUT2D eigenvalue weighted by atomic mass is 10.1. The minimum Gasteiger partial charge on any atom is -0.492 e. The summed E-state index contributed by atoms with van der Waals surface area (Å²) in [6, 6.07) is 14.2. The molecule has 36 heavy (non-hydrogen) atoms. The zero-order valence-electron chi connectivity index (χ0n) is 20.2. The van der Waals surface area contributed by atoms with Crippen LogP contribution in [0, 0.1) is 0 Å². The number of nitrogens with zero attached hydrogens (tertiary/aromatic N) is 3. The lowest BCUT2D eigenvalue weighted by Gasteiger charge is -2.13. The molecule has 0 atom stereocenters. The molecule has 182 valence electrons. The Hall–Kier alpha value is -4.17. The third kappa shape index (κ3) is 4.43. The minimum atomic E-state index is -0.0775. The first-order chi connectivity index (χ1) is 17.6. The maximum Gasteiger partial charge on any atom is 0.251 e. The second-order valence-corrected chi connectivity index (χ2v) is 9.43. The SMILES string of the molecule is CN1Cc2ccc(CNC(=O)c3cccc(CNc4ncc(-c5cn[nH]c5)c5c4CCO5)c3)cc2C1. The van der Waals surface area contributed by atoms with Gasteiger partial charge in [-0.25, -0.2) is 4.98 Å². The number of nitrogens with one attached hydrogen (secondary N) is 3. The van der Waals surface area contributed by atoms with Gasteiger partial charge in [-0.15, -0.1) is 0 Å². The van der Waals surface area contributed by atoms with Crippen molar-refractivity contribution >= 4 is 11.7 Å². The molecule has 2 aliphatic rings. The molecule has 0 radical (unpaired) electrons. The number of carbonyl (C=O) groups excluding carboxylic acids is 1. The Bertz CT molecular complexity index is 1420. The van der Waals surface area contributed by atoms with Crippen LogP contribution in [0.1, 0.15) is 38.2 Å². The number of pyridine rings is 1. The third-order valence-electron chi connectivity index (χ3n) is 6.79. The van der Waals surface area contributed by atoms with Crippen molar-refractivity contribution in [3.8, 4) is 16.9 Å². The van der Waals surface area contributed by atoms with Gasteiger partial charge in [0.25, 0.3) is 5.91 Å². The molecule has 0 spiro atoms. The zero-order chi connectivity index (χ0) is 24.5. The summed E-state index contributed by atoms with van der Waals surface area (Å²) in [5, 5.41) is 13.4. The number of aromatic nitrogens is 3. The van der Waals surface area contributed by atoms with E-state index in [1.807, 2.05) is 36.7 Å². The molecule has 4 aromatic rings. The predicted molar refractivity (Wildman–Crippen MR) is 138 cm³/mol. The van der Waals surface area contributed by atoms with Crippen LogP contribution in [-0.4, -0.2) is 39.6 Å². The molecule has 6 rings (SSSR count). The number of aromatic amines is 1. The van der Waals surface area contributed by atoms with Crippen LogP contribution in [0.2, 0.25) is 0 Å². The van der Waals surface area contributed by atoms with Gasteiger partial charge in [0.1, 0.15) is 11.6 Å². The highest BCUT2D eigenvalue weighted by Gasteiger charge is 2.23. The molecular formula is C28H28N6O2. The van der Waals surface area contributed by atoms with Crippen LogP contribution >= 0.6 is 0 Å². The van der Waals surface area contributed by atoms with Crippen molar-refractivity contribution in [1.29, 1.82) is 0 Å². The van der Waals surface area contributed by atoms with Crippen molar-refractivity contribution in [2.75, 3.05) is 19.0 Å². The van der Waals surface area contributed by atoms with E-state index in [0.29, 0.717) is 25.3 Å². The van der Waals surface area contributed by atoms with Gasteiger partial charge in [0.05, 0.1) is 12.8 Å². The number of H-pyrrole nitrogens is 1. The molecule has 0 aliphatic carbocycles. The molecule has 8 heteroatoms. The highest BCUT2D eigenvalue weighted by Crippen LogP contribution is 2.39. The second-order valence-electron chi connectivity index (χ2n) is 9.43. The summed E-state index contributed by atoms with van der Waals surface area (Å²) in [5.41, 5.74) is 8.47. The molecule has 8 nitrogen and oxygen atoms in total. The minimum absolute atomic E-state index is 0.0775. The van der Waals surface area contributed by atoms with E-state index in [-0.39, 0.29) is 5.91 Å². The molecule has 2 aromatic heterocycles. The maximum atomic E-state index is 12.9. The number of ether oxygens (including phenoxy) is 1. The van der Waals surface area contributed by atoms with Crippen molar-refractivity contribution in [2.45, 2.75) is 32.6 Å². The standard InChI is InChI=1S/C28H28N6O2/c1-34-16-21-6-5-19(10-22(21)17-34)12-31-28(35)20-4-2-3-18(9-20)11-29-27-24-7-8-36-26(24)25(15-30-27)23-13-32-33-14-23/h2-6,9-10,13-15H,7-8,11-12,16-17H2,1H3,(H,29,30)(H,31,35)(H,32,33). The molecule has 0 bridgehead atoms. The maximum absolute atomic E-state index is 12.9. The summed E-state index contributed by atoms with van der Waals surface area (Å²) in [5.74, 6) is 1.60. The van der Waals surface area contributed by atoms with E-state index in [1.165, 1.54) is 11.1 Å². The molecule has 2 aromatic carbocycles. The number of amides is 1. The Labute approximate surface area is 209 Å². The van der Waals surface area contributed by atoms with Crippen LogP contribution in [0.4, 0.5) is 5.82 Å². The van der Waals surface area contributed by atoms with Crippen molar-refractivity contribution in [3.63, 3.8) is 0 Å². The van der Waals surface area contributed by atoms with Crippen LogP contribution < -0.4 is 15.4 Å². The molecule has 0 fully saturated rings. The van der Waals surface area contributed by atoms with Crippen LogP contribution in [0.15, 0.2) is 61.1 Å². The average molecular weight is 481 g/mol. The van der Waals surface area contributed by atoms with Gasteiger partial charge >= 0.3 is 0 Å². The summed E-state index contributed by atoms with van der Waals surface area (Å²) in [6.07, 6.45) is 6.23. The molecule has 1 amide bonds. The van der Waals surface area contributed by atoms with Gasteiger partial charge in [0.2, 0.25) is 0 Å². The number of benzene rings is 2. The highest BCUT2D eigenvalue weighted by molar-refractivity contribution is 5.94. The van der Waals surface area contributed by atoms with Crippen LogP contribution in [0.5, 0.6) is 5.75 Å². The van der Waals surface area contributed by atoms with E-state index in [2.05, 4.69) is 56.0 Å². The van der Waals surface area contributed by atoms with Crippen molar-refractivity contribution in [1.82, 2.24) is 25.4 Å². The second kappa shape index (κ2) is 9.47. The molecule has 4 heterocycles. The van der Waals surface area contributed by atoms with E-state index in [1.54, 1.807) is 6.20 Å². The van der Waals surface area contributed by atoms with Crippen molar-refractivity contribution in [3.05, 3.63) is 94.4 Å². The summed E-state index contributed by atoms with van der Waals surface area (Å²) in [4.78, 5) is 19.8. The highest BCUT2D eigenvalue weighted by atomic mass is 16.5. The van der Waals surface area contributed by atoms with Crippen LogP contribution in [-0.2, 0) is 32.6 Å². The fourth-order valence-electron chi connectivity index (χ4n) is 4.96. The number of hydrogen-bond donors (Lipinski definition) is 3. The Morgan fingerprint density at radius 2 is 1.97 bits per heavy atom. The van der Waals surface area contributed by atoms with Crippen molar-refractivity contribution < 1.29 is 9.53 Å². The Balaban J connectivity index is 1.11. The Morgan fingerprint density at radius 1 is 1.08 bits per heavy atom. The van der Waals surface area contributed by atoms with Gasteiger partial charge in [-0.05, 0) is 41.4 Å². The number of anilines is 1. The smallest absolute Gasteiger partial charge is 0.251 e. The lowest BCUT2D eigenvalue weighted by Crippen LogP contribution is -2.23. The van der Waals surface area contributed by atoms with Gasteiger partial charge in [-0.1, -0.05) is 30.3 Å². The molecular weight excluding hydrogens is 452 g/mol. The van der Waals surface area contributed by atoms with E-state index in [4.69, 9.17) is 4.74 Å². The third-order valence-corrected chi connectivity index (χ3v) is 6.79. The molecule has 3 N–H and O–H groups in total. The molecule has 0 saturated heterocycles. The number of rotatable bonds is 7. The molecule has 2 aliphatic heterocycles. The fraction of sp³-hybridized carbons (Fsp3) is 0.250. The Kier molecular flexibility index (Phi) is 5.87. The first kappa shape index (κ1) is 22.3. The summed E-state index contributed by atoms with van der Waals surface area (Å²) in [7, 11) is 2.12. The van der Waals surface area contributed by atoms with E-state index in [9.17, 15) is 4.79 Å². The van der Waals surface area contributed by atoms with Gasteiger partial charge < -0.3 is 15.4 Å². The van der Waals surface area contributed by atoms with Gasteiger partial charge in [-0.3, -0.25) is 14.8 Å². The first-order valence-corrected chi connectivity index (χ1v) is 12.2. The number of fused-ring (bicyclic) bond motifs is 2. The zero-order valence-corrected chi connectivity index (χ0v) is 20.2. The van der Waals surface area contributed by atoms with Gasteiger partial charge in [0.15, 0.2) is 0 Å². The monoisotopic (exact) mass is 480 g/mol. The summed E-state index contributed by atoms with van der Waals surface area (Å²) in [6.45, 7) is 3.66. The topological polar surface area (TPSA) is 95.2 Å². The van der Waals surface area contributed by atoms with Crippen LogP contribution in [0.3, 0.4) is 0 Å². The molecule has 0 saturated carbocycles. The van der Waals surface area contributed by atoms with Crippen molar-refractivity contribution in [2.24, 2.45) is 0 Å². The van der Waals surface area contributed by atoms with Gasteiger partial charge in [-0.2, -0.15) is 5.10 Å². The van der Waals surface area contributed by atoms with E-state index >= 15 is 0 Å². The average Bonchev–Trinajstić information content (AvgIpc) is 3.66. The van der Waals surface area contributed by atoms with Crippen LogP contribution in [0.25, 0.3) is 11.1 Å². The van der Waals surface area contributed by atoms with E-state index < -0.39 is 0 Å². The molecule has 0 unspecified atom stereocenters. The van der Waals surface area contributed by atoms with Gasteiger partial charge in [0, 0.05) is 67.2 Å². The largest absolute Gasteiger partial charge is 0.492 e. The lowest BCUT2D eigenvalue weighted by molar-refractivity contribution is 0.0951. The van der Waals surface area contributed by atoms with E-state index in [0.717, 1.165) is 58.9 Å². The number of hydrogen-bond acceptors (Lipinski definition) is 6. The summed E-state index contributed by atoms with van der Waals surface area (Å²) >= 11 is 0. The Morgan fingerprint density at radius 3 is 2.86 bits per heavy atom. The number of carbonyl (C=O) groups is 1.